The highest BCUT2D eigenvalue weighted by Crippen LogP contribution is 2.33. The molecule has 0 radical (unpaired) electrons. The summed E-state index contributed by atoms with van der Waals surface area (Å²) in [5.41, 5.74) is 2.31. The summed E-state index contributed by atoms with van der Waals surface area (Å²) in [7, 11) is -3.84. The van der Waals surface area contributed by atoms with Gasteiger partial charge in [-0.05, 0) is 59.1 Å². The van der Waals surface area contributed by atoms with E-state index in [1.807, 2.05) is 19.9 Å². The van der Waals surface area contributed by atoms with Gasteiger partial charge in [0.15, 0.2) is 0 Å². The van der Waals surface area contributed by atoms with E-state index in [0.29, 0.717) is 5.69 Å². The molecule has 0 atom stereocenters. The number of hydrogen-bond acceptors (Lipinski definition) is 4. The lowest BCUT2D eigenvalue weighted by atomic mass is 10.1. The van der Waals surface area contributed by atoms with Gasteiger partial charge >= 0.3 is 5.97 Å². The summed E-state index contributed by atoms with van der Waals surface area (Å²) in [6, 6.07) is 6.49. The highest BCUT2D eigenvalue weighted by atomic mass is 79.9. The minimum atomic E-state index is -3.84. The first kappa shape index (κ1) is 16.0. The molecule has 0 fully saturated rings. The van der Waals surface area contributed by atoms with Crippen LogP contribution in [-0.4, -0.2) is 19.5 Å². The van der Waals surface area contributed by atoms with E-state index in [9.17, 15) is 13.2 Å². The lowest BCUT2D eigenvalue weighted by molar-refractivity contribution is 0.0702. The summed E-state index contributed by atoms with van der Waals surface area (Å²) in [6.07, 6.45) is 0. The molecule has 1 aromatic heterocycles. The first-order valence-corrected chi connectivity index (χ1v) is 8.92. The molecule has 1 heterocycles. The number of anilines is 1. The quantitative estimate of drug-likeness (QED) is 0.835. The van der Waals surface area contributed by atoms with E-state index in [2.05, 4.69) is 20.7 Å². The highest BCUT2D eigenvalue weighted by Gasteiger charge is 2.23. The molecular weight excluding hydrogens is 378 g/mol. The lowest BCUT2D eigenvalue weighted by Gasteiger charge is -2.09. The van der Waals surface area contributed by atoms with Crippen LogP contribution in [0, 0.1) is 13.8 Å². The van der Waals surface area contributed by atoms with Crippen LogP contribution in [0.3, 0.4) is 0 Å². The summed E-state index contributed by atoms with van der Waals surface area (Å²) in [5.74, 6) is -1.16. The van der Waals surface area contributed by atoms with Crippen molar-refractivity contribution in [1.29, 1.82) is 0 Å². The van der Waals surface area contributed by atoms with Crippen LogP contribution in [0.2, 0.25) is 0 Å². The van der Waals surface area contributed by atoms with Crippen molar-refractivity contribution in [3.05, 3.63) is 44.1 Å². The lowest BCUT2D eigenvalue weighted by Crippen LogP contribution is -2.13. The Morgan fingerprint density at radius 3 is 2.24 bits per heavy atom. The number of carboxylic acid groups (broad SMARTS) is 1. The minimum absolute atomic E-state index is 0.0392. The number of rotatable bonds is 4. The molecule has 5 nitrogen and oxygen atoms in total. The second kappa shape index (κ2) is 5.78. The monoisotopic (exact) mass is 389 g/mol. The number of aryl methyl sites for hydroxylation is 2. The summed E-state index contributed by atoms with van der Waals surface area (Å²) < 4.78 is 27.4. The fraction of sp³-hybridized carbons (Fsp3) is 0.154. The third kappa shape index (κ3) is 3.63. The van der Waals surface area contributed by atoms with Crippen LogP contribution in [0.15, 0.2) is 32.9 Å². The van der Waals surface area contributed by atoms with Crippen molar-refractivity contribution in [2.45, 2.75) is 18.7 Å². The molecule has 0 amide bonds. The second-order valence-electron chi connectivity index (χ2n) is 4.54. The van der Waals surface area contributed by atoms with E-state index in [0.717, 1.165) is 28.5 Å². The standard InChI is InChI=1S/C13H12BrNO4S2/c1-7-3-8(2)5-9(4-7)15-21(18,19)11-6-10(13(16)17)20-12(11)14/h3-6,15H,1-2H3,(H,16,17). The van der Waals surface area contributed by atoms with Gasteiger partial charge in [0.1, 0.15) is 9.77 Å². The zero-order valence-corrected chi connectivity index (χ0v) is 14.4. The Hall–Kier alpha value is -1.38. The van der Waals surface area contributed by atoms with Crippen molar-refractivity contribution >= 4 is 48.9 Å². The number of hydrogen-bond donors (Lipinski definition) is 2. The molecular formula is C13H12BrNO4S2. The molecule has 0 unspecified atom stereocenters. The van der Waals surface area contributed by atoms with E-state index in [4.69, 9.17) is 5.11 Å². The highest BCUT2D eigenvalue weighted by molar-refractivity contribution is 9.11. The number of carboxylic acids is 1. The van der Waals surface area contributed by atoms with Crippen molar-refractivity contribution in [2.75, 3.05) is 4.72 Å². The number of benzene rings is 1. The first-order valence-electron chi connectivity index (χ1n) is 5.83. The van der Waals surface area contributed by atoms with E-state index in [1.54, 1.807) is 12.1 Å². The smallest absolute Gasteiger partial charge is 0.345 e. The van der Waals surface area contributed by atoms with E-state index >= 15 is 0 Å². The maximum atomic E-state index is 12.4. The van der Waals surface area contributed by atoms with Crippen LogP contribution in [0.5, 0.6) is 0 Å². The van der Waals surface area contributed by atoms with Crippen LogP contribution in [0.1, 0.15) is 20.8 Å². The molecule has 1 aromatic carbocycles. The predicted molar refractivity (Wildman–Crippen MR) is 85.7 cm³/mol. The van der Waals surface area contributed by atoms with E-state index in [1.165, 1.54) is 0 Å². The fourth-order valence-electron chi connectivity index (χ4n) is 1.88. The zero-order valence-electron chi connectivity index (χ0n) is 11.2. The SMILES string of the molecule is Cc1cc(C)cc(NS(=O)(=O)c2cc(C(=O)O)sc2Br)c1. The third-order valence-corrected chi connectivity index (χ3v) is 6.25. The Bertz CT molecular complexity index is 791. The molecule has 0 saturated carbocycles. The van der Waals surface area contributed by atoms with Gasteiger partial charge in [0.2, 0.25) is 0 Å². The van der Waals surface area contributed by atoms with Crippen molar-refractivity contribution in [1.82, 2.24) is 0 Å². The molecule has 0 aliphatic rings. The Morgan fingerprint density at radius 2 is 1.76 bits per heavy atom. The van der Waals surface area contributed by atoms with E-state index < -0.39 is 16.0 Å². The van der Waals surface area contributed by atoms with Crippen LogP contribution in [-0.2, 0) is 10.0 Å². The minimum Gasteiger partial charge on any atom is -0.477 e. The van der Waals surface area contributed by atoms with Crippen LogP contribution in [0.4, 0.5) is 5.69 Å². The summed E-state index contributed by atoms with van der Waals surface area (Å²) >= 11 is 3.96. The zero-order chi connectivity index (χ0) is 15.8. The molecule has 21 heavy (non-hydrogen) atoms. The molecule has 2 aromatic rings. The molecule has 8 heteroatoms. The number of carbonyl (C=O) groups is 1. The molecule has 2 N–H and O–H groups in total. The van der Waals surface area contributed by atoms with Crippen molar-refractivity contribution < 1.29 is 18.3 Å². The average Bonchev–Trinajstić information content (AvgIpc) is 2.70. The molecule has 0 aliphatic heterocycles. The average molecular weight is 390 g/mol. The third-order valence-electron chi connectivity index (χ3n) is 2.63. The van der Waals surface area contributed by atoms with Gasteiger partial charge in [0.05, 0.1) is 3.79 Å². The van der Waals surface area contributed by atoms with Gasteiger partial charge < -0.3 is 5.11 Å². The molecule has 0 aliphatic carbocycles. The van der Waals surface area contributed by atoms with Crippen molar-refractivity contribution in [2.24, 2.45) is 0 Å². The van der Waals surface area contributed by atoms with Crippen molar-refractivity contribution in [3.63, 3.8) is 0 Å². The molecule has 112 valence electrons. The van der Waals surface area contributed by atoms with Crippen LogP contribution >= 0.6 is 27.3 Å². The number of halogens is 1. The Morgan fingerprint density at radius 1 is 1.19 bits per heavy atom. The number of sulfonamides is 1. The van der Waals surface area contributed by atoms with Gasteiger partial charge in [-0.15, -0.1) is 11.3 Å². The van der Waals surface area contributed by atoms with Crippen LogP contribution in [0.25, 0.3) is 0 Å². The molecule has 2 rings (SSSR count). The first-order chi connectivity index (χ1) is 9.69. The number of aromatic carboxylic acids is 1. The predicted octanol–water partition coefficient (Wildman–Crippen LogP) is 3.63. The van der Waals surface area contributed by atoms with Gasteiger partial charge in [-0.3, -0.25) is 4.72 Å². The Labute approximate surface area is 134 Å². The number of thiophene rings is 1. The largest absolute Gasteiger partial charge is 0.477 e. The van der Waals surface area contributed by atoms with Gasteiger partial charge in [-0.1, -0.05) is 6.07 Å². The van der Waals surface area contributed by atoms with Crippen LogP contribution < -0.4 is 4.72 Å². The number of nitrogens with one attached hydrogen (secondary N) is 1. The topological polar surface area (TPSA) is 83.5 Å². The van der Waals surface area contributed by atoms with E-state index in [-0.39, 0.29) is 13.6 Å². The Kier molecular flexibility index (Phi) is 4.40. The van der Waals surface area contributed by atoms with Crippen molar-refractivity contribution in [3.8, 4) is 0 Å². The van der Waals surface area contributed by atoms with Gasteiger partial charge in [0, 0.05) is 5.69 Å². The molecule has 0 saturated heterocycles. The van der Waals surface area contributed by atoms with Gasteiger partial charge in [-0.25, -0.2) is 13.2 Å². The maximum Gasteiger partial charge on any atom is 0.345 e. The summed E-state index contributed by atoms with van der Waals surface area (Å²) in [6.45, 7) is 3.74. The van der Waals surface area contributed by atoms with Gasteiger partial charge in [0.25, 0.3) is 10.0 Å². The normalized spacial score (nSPS) is 11.4. The maximum absolute atomic E-state index is 12.4. The summed E-state index contributed by atoms with van der Waals surface area (Å²) in [5, 5.41) is 8.93. The Balaban J connectivity index is 2.40. The fourth-order valence-corrected chi connectivity index (χ4v) is 5.33. The second-order valence-corrected chi connectivity index (χ2v) is 8.56. The molecule has 0 spiro atoms. The summed E-state index contributed by atoms with van der Waals surface area (Å²) in [4.78, 5) is 10.8. The van der Waals surface area contributed by atoms with Gasteiger partial charge in [-0.2, -0.15) is 0 Å². The molecule has 0 bridgehead atoms.